The molecule has 1 N–H and O–H groups in total. The van der Waals surface area contributed by atoms with Crippen LogP contribution >= 0.6 is 11.3 Å². The number of carbonyl (C=O) groups excluding carboxylic acids is 1. The summed E-state index contributed by atoms with van der Waals surface area (Å²) in [7, 11) is 0. The highest BCUT2D eigenvalue weighted by molar-refractivity contribution is 7.12. The van der Waals surface area contributed by atoms with E-state index >= 15 is 4.39 Å². The van der Waals surface area contributed by atoms with Gasteiger partial charge >= 0.3 is 5.97 Å². The molecule has 0 atom stereocenters. The van der Waals surface area contributed by atoms with Crippen LogP contribution in [0.15, 0.2) is 47.0 Å². The van der Waals surface area contributed by atoms with Crippen molar-refractivity contribution in [2.75, 3.05) is 24.6 Å². The first-order valence-corrected chi connectivity index (χ1v) is 12.0. The number of rotatable bonds is 8. The molecule has 12 heteroatoms. The third-order valence-corrected chi connectivity index (χ3v) is 6.64. The van der Waals surface area contributed by atoms with Crippen molar-refractivity contribution in [2.45, 2.75) is 13.3 Å². The zero-order valence-electron chi connectivity index (χ0n) is 19.0. The number of aromatic nitrogens is 4. The van der Waals surface area contributed by atoms with Crippen LogP contribution in [0.2, 0.25) is 0 Å². The van der Waals surface area contributed by atoms with Gasteiger partial charge in [0.1, 0.15) is 17.1 Å². The molecule has 184 valence electrons. The zero-order valence-corrected chi connectivity index (χ0v) is 19.9. The summed E-state index contributed by atoms with van der Waals surface area (Å²) in [5.41, 5.74) is -0.629. The Morgan fingerprint density at radius 2 is 2.08 bits per heavy atom. The molecule has 5 rings (SSSR count). The van der Waals surface area contributed by atoms with Crippen molar-refractivity contribution in [3.63, 3.8) is 0 Å². The number of anilines is 1. The molecule has 0 unspecified atom stereocenters. The topological polar surface area (TPSA) is 128 Å². The lowest BCUT2D eigenvalue weighted by Gasteiger charge is -2.39. The first kappa shape index (κ1) is 23.5. The lowest BCUT2D eigenvalue weighted by molar-refractivity contribution is -0.123. The van der Waals surface area contributed by atoms with Crippen molar-refractivity contribution >= 4 is 39.9 Å². The van der Waals surface area contributed by atoms with Gasteiger partial charge in [-0.2, -0.15) is 0 Å². The Morgan fingerprint density at radius 3 is 2.72 bits per heavy atom. The van der Waals surface area contributed by atoms with Crippen LogP contribution < -0.4 is 15.1 Å². The highest BCUT2D eigenvalue weighted by Gasteiger charge is 2.35. The third kappa shape index (κ3) is 4.31. The Kier molecular flexibility index (Phi) is 6.18. The van der Waals surface area contributed by atoms with Gasteiger partial charge in [-0.25, -0.2) is 19.2 Å². The monoisotopic (exact) mass is 509 g/mol. The van der Waals surface area contributed by atoms with E-state index in [4.69, 9.17) is 4.74 Å². The second kappa shape index (κ2) is 9.46. The minimum atomic E-state index is -1.43. The van der Waals surface area contributed by atoms with Gasteiger partial charge in [-0.3, -0.25) is 19.1 Å². The molecule has 0 aliphatic carbocycles. The van der Waals surface area contributed by atoms with Gasteiger partial charge in [0.25, 0.3) is 0 Å². The Labute approximate surface area is 207 Å². The summed E-state index contributed by atoms with van der Waals surface area (Å²) < 4.78 is 21.8. The van der Waals surface area contributed by atoms with Crippen molar-refractivity contribution in [1.82, 2.24) is 19.5 Å². The summed E-state index contributed by atoms with van der Waals surface area (Å²) in [6.07, 6.45) is 4.40. The Morgan fingerprint density at radius 1 is 1.28 bits per heavy atom. The molecular formula is C24H20FN5O5S. The SMILES string of the molecule is CCOc1ccc(CC(=O)C2CN(c3nc4c(cc3F)c(=O)c(C(=O)O)cn4-c3nccs3)C2)nc1. The highest BCUT2D eigenvalue weighted by atomic mass is 32.1. The van der Waals surface area contributed by atoms with Gasteiger partial charge in [-0.1, -0.05) is 0 Å². The molecule has 1 fully saturated rings. The van der Waals surface area contributed by atoms with Crippen molar-refractivity contribution in [3.05, 3.63) is 69.5 Å². The van der Waals surface area contributed by atoms with Crippen LogP contribution in [0.4, 0.5) is 10.2 Å². The van der Waals surface area contributed by atoms with Crippen molar-refractivity contribution < 1.29 is 23.8 Å². The summed E-state index contributed by atoms with van der Waals surface area (Å²) in [6, 6.07) is 4.50. The number of aromatic carboxylic acids is 1. The lowest BCUT2D eigenvalue weighted by atomic mass is 9.92. The Bertz CT molecular complexity index is 1510. The molecule has 0 aromatic carbocycles. The van der Waals surface area contributed by atoms with E-state index in [1.165, 1.54) is 22.1 Å². The number of hydrogen-bond donors (Lipinski definition) is 1. The van der Waals surface area contributed by atoms with Gasteiger partial charge in [-0.15, -0.1) is 11.3 Å². The molecule has 0 bridgehead atoms. The molecule has 10 nitrogen and oxygen atoms in total. The van der Waals surface area contributed by atoms with Crippen LogP contribution in [-0.2, 0) is 11.2 Å². The number of ketones is 1. The minimum Gasteiger partial charge on any atom is -0.492 e. The largest absolute Gasteiger partial charge is 0.492 e. The molecule has 5 heterocycles. The molecule has 0 saturated carbocycles. The van der Waals surface area contributed by atoms with Gasteiger partial charge in [-0.05, 0) is 25.1 Å². The number of nitrogens with zero attached hydrogens (tertiary/aromatic N) is 5. The first-order chi connectivity index (χ1) is 17.4. The van der Waals surface area contributed by atoms with Gasteiger partial charge in [0, 0.05) is 43.0 Å². The van der Waals surface area contributed by atoms with Crippen LogP contribution in [0.3, 0.4) is 0 Å². The molecule has 0 amide bonds. The van der Waals surface area contributed by atoms with Crippen LogP contribution in [-0.4, -0.2) is 56.1 Å². The fourth-order valence-electron chi connectivity index (χ4n) is 4.01. The summed E-state index contributed by atoms with van der Waals surface area (Å²) in [6.45, 7) is 2.93. The predicted octanol–water partition coefficient (Wildman–Crippen LogP) is 2.72. The molecule has 0 spiro atoms. The zero-order chi connectivity index (χ0) is 25.4. The second-order valence-electron chi connectivity index (χ2n) is 8.19. The number of Topliss-reactive ketones (excluding diaryl/α,β-unsaturated/α-hetero) is 1. The fourth-order valence-corrected chi connectivity index (χ4v) is 4.63. The van der Waals surface area contributed by atoms with E-state index < -0.39 is 22.8 Å². The number of ether oxygens (including phenoxy) is 1. The van der Waals surface area contributed by atoms with Crippen LogP contribution in [0, 0.1) is 11.7 Å². The van der Waals surface area contributed by atoms with E-state index in [2.05, 4.69) is 15.0 Å². The normalized spacial score (nSPS) is 13.6. The van der Waals surface area contributed by atoms with E-state index in [9.17, 15) is 19.5 Å². The van der Waals surface area contributed by atoms with Crippen molar-refractivity contribution in [2.24, 2.45) is 5.92 Å². The van der Waals surface area contributed by atoms with Crippen molar-refractivity contribution in [1.29, 1.82) is 0 Å². The standard InChI is InChI=1S/C24H20FN5O5S/c1-2-35-15-4-3-14(27-9-15)7-19(31)13-10-29(11-13)22-18(25)8-16-20(32)17(23(33)34)12-30(21(16)28-22)24-26-5-6-36-24/h3-6,8-9,12-13H,2,7,10-11H2,1H3,(H,33,34). The van der Waals surface area contributed by atoms with E-state index in [1.54, 1.807) is 28.6 Å². The Balaban J connectivity index is 1.39. The van der Waals surface area contributed by atoms with E-state index in [-0.39, 0.29) is 48.1 Å². The quantitative estimate of drug-likeness (QED) is 0.381. The summed E-state index contributed by atoms with van der Waals surface area (Å²) in [4.78, 5) is 51.4. The van der Waals surface area contributed by atoms with Gasteiger partial charge in [0.2, 0.25) is 5.43 Å². The average molecular weight is 510 g/mol. The summed E-state index contributed by atoms with van der Waals surface area (Å²) >= 11 is 1.22. The molecule has 0 radical (unpaired) electrons. The van der Waals surface area contributed by atoms with E-state index in [0.717, 1.165) is 12.3 Å². The average Bonchev–Trinajstić information content (AvgIpc) is 3.35. The third-order valence-electron chi connectivity index (χ3n) is 5.87. The van der Waals surface area contributed by atoms with Crippen LogP contribution in [0.1, 0.15) is 23.0 Å². The number of fused-ring (bicyclic) bond motifs is 1. The predicted molar refractivity (Wildman–Crippen MR) is 130 cm³/mol. The van der Waals surface area contributed by atoms with Crippen molar-refractivity contribution in [3.8, 4) is 10.9 Å². The number of carboxylic acid groups (broad SMARTS) is 1. The lowest BCUT2D eigenvalue weighted by Crippen LogP contribution is -2.51. The van der Waals surface area contributed by atoms with Gasteiger partial charge in [0.15, 0.2) is 22.4 Å². The molecule has 4 aromatic heterocycles. The molecule has 1 aliphatic heterocycles. The van der Waals surface area contributed by atoms with Crippen LogP contribution in [0.25, 0.3) is 16.2 Å². The van der Waals surface area contributed by atoms with Gasteiger partial charge < -0.3 is 14.7 Å². The number of hydrogen-bond acceptors (Lipinski definition) is 9. The number of carbonyl (C=O) groups is 2. The number of pyridine rings is 3. The molecule has 36 heavy (non-hydrogen) atoms. The maximum atomic E-state index is 15.0. The van der Waals surface area contributed by atoms with E-state index in [1.807, 2.05) is 6.92 Å². The Hall–Kier alpha value is -4.19. The highest BCUT2D eigenvalue weighted by Crippen LogP contribution is 2.29. The molecular weight excluding hydrogens is 489 g/mol. The number of halogens is 1. The smallest absolute Gasteiger partial charge is 0.341 e. The number of carboxylic acids is 1. The van der Waals surface area contributed by atoms with Crippen LogP contribution in [0.5, 0.6) is 5.75 Å². The number of thiazole rings is 1. The first-order valence-electron chi connectivity index (χ1n) is 11.1. The summed E-state index contributed by atoms with van der Waals surface area (Å²) in [5.74, 6) is -1.91. The van der Waals surface area contributed by atoms with Gasteiger partial charge in [0.05, 0.1) is 24.1 Å². The molecule has 1 aliphatic rings. The molecule has 1 saturated heterocycles. The summed E-state index contributed by atoms with van der Waals surface area (Å²) in [5, 5.41) is 11.3. The van der Waals surface area contributed by atoms with E-state index in [0.29, 0.717) is 23.2 Å². The maximum Gasteiger partial charge on any atom is 0.341 e. The second-order valence-corrected chi connectivity index (χ2v) is 9.06. The minimum absolute atomic E-state index is 0.0153. The fraction of sp³-hybridized carbons (Fsp3) is 0.250. The maximum absolute atomic E-state index is 15.0. The molecule has 4 aromatic rings.